The second-order valence-electron chi connectivity index (χ2n) is 4.13. The molecule has 0 atom stereocenters. The summed E-state index contributed by atoms with van der Waals surface area (Å²) in [7, 11) is 0. The van der Waals surface area contributed by atoms with Crippen molar-refractivity contribution < 1.29 is 0 Å². The van der Waals surface area contributed by atoms with Gasteiger partial charge in [-0.15, -0.1) is 0 Å². The predicted octanol–water partition coefficient (Wildman–Crippen LogP) is 2.34. The average Bonchev–Trinajstić information content (AvgIpc) is 2.47. The van der Waals surface area contributed by atoms with E-state index in [2.05, 4.69) is 51.8 Å². The van der Waals surface area contributed by atoms with E-state index in [4.69, 9.17) is 0 Å². The van der Waals surface area contributed by atoms with Crippen LogP contribution in [0.4, 0.5) is 0 Å². The molecular weight excluding hydrogens is 244 g/mol. The van der Waals surface area contributed by atoms with Gasteiger partial charge < -0.3 is 0 Å². The van der Waals surface area contributed by atoms with E-state index in [1.807, 2.05) is 4.68 Å². The van der Waals surface area contributed by atoms with Crippen LogP contribution < -0.4 is 0 Å². The highest BCUT2D eigenvalue weighted by Gasteiger charge is 2.18. The highest BCUT2D eigenvalue weighted by molar-refractivity contribution is 9.10. The van der Waals surface area contributed by atoms with Crippen LogP contribution in [0, 0.1) is 0 Å². The van der Waals surface area contributed by atoms with E-state index >= 15 is 0 Å². The number of halogens is 1. The topological polar surface area (TPSA) is 43.6 Å². The molecule has 0 aliphatic rings. The van der Waals surface area contributed by atoms with Gasteiger partial charge in [-0.3, -0.25) is 0 Å². The van der Waals surface area contributed by atoms with Gasteiger partial charge in [-0.1, -0.05) is 0 Å². The molecule has 74 valence electrons. The first-order valence-corrected chi connectivity index (χ1v) is 5.14. The van der Waals surface area contributed by atoms with Crippen LogP contribution in [-0.2, 0) is 5.54 Å². The van der Waals surface area contributed by atoms with E-state index in [0.717, 1.165) is 15.6 Å². The van der Waals surface area contributed by atoms with Crippen molar-refractivity contribution >= 4 is 27.0 Å². The number of hydrogen-bond donors (Lipinski definition) is 0. The molecule has 0 fully saturated rings. The molecule has 0 aliphatic heterocycles. The van der Waals surface area contributed by atoms with Crippen LogP contribution in [0.25, 0.3) is 11.0 Å². The first-order valence-electron chi connectivity index (χ1n) is 4.35. The lowest BCUT2D eigenvalue weighted by molar-refractivity contribution is 0.366. The normalized spacial score (nSPS) is 12.3. The number of nitrogens with zero attached hydrogens (tertiary/aromatic N) is 4. The summed E-state index contributed by atoms with van der Waals surface area (Å²) in [5.74, 6) is 0. The van der Waals surface area contributed by atoms with Crippen LogP contribution in [0.2, 0.25) is 0 Å². The van der Waals surface area contributed by atoms with Crippen molar-refractivity contribution in [3.05, 3.63) is 17.1 Å². The van der Waals surface area contributed by atoms with Crippen molar-refractivity contribution in [3.8, 4) is 0 Å². The van der Waals surface area contributed by atoms with Crippen molar-refractivity contribution in [1.82, 2.24) is 19.7 Å². The summed E-state index contributed by atoms with van der Waals surface area (Å²) in [4.78, 5) is 8.28. The third-order valence-electron chi connectivity index (χ3n) is 1.95. The fourth-order valence-electron chi connectivity index (χ4n) is 1.31. The number of hydrogen-bond acceptors (Lipinski definition) is 3. The van der Waals surface area contributed by atoms with Gasteiger partial charge in [0.05, 0.1) is 17.1 Å². The Labute approximate surface area is 90.5 Å². The fraction of sp³-hybridized carbons (Fsp3) is 0.444. The van der Waals surface area contributed by atoms with E-state index in [-0.39, 0.29) is 5.54 Å². The first kappa shape index (κ1) is 9.58. The molecule has 0 saturated carbocycles. The Kier molecular flexibility index (Phi) is 2.06. The van der Waals surface area contributed by atoms with Gasteiger partial charge >= 0.3 is 0 Å². The average molecular weight is 255 g/mol. The predicted molar refractivity (Wildman–Crippen MR) is 58.0 cm³/mol. The summed E-state index contributed by atoms with van der Waals surface area (Å²) in [5.41, 5.74) is 0.801. The molecule has 0 spiro atoms. The van der Waals surface area contributed by atoms with Crippen molar-refractivity contribution in [2.45, 2.75) is 26.3 Å². The van der Waals surface area contributed by atoms with Crippen LogP contribution >= 0.6 is 15.9 Å². The Morgan fingerprint density at radius 2 is 2.00 bits per heavy atom. The minimum absolute atomic E-state index is 0.0600. The van der Waals surface area contributed by atoms with E-state index in [1.54, 1.807) is 6.20 Å². The van der Waals surface area contributed by atoms with E-state index in [9.17, 15) is 0 Å². The highest BCUT2D eigenvalue weighted by atomic mass is 79.9. The van der Waals surface area contributed by atoms with E-state index in [1.165, 1.54) is 6.33 Å². The molecule has 0 aliphatic carbocycles. The molecule has 14 heavy (non-hydrogen) atoms. The van der Waals surface area contributed by atoms with Crippen molar-refractivity contribution in [1.29, 1.82) is 0 Å². The molecule has 4 nitrogen and oxygen atoms in total. The molecule has 0 unspecified atom stereocenters. The van der Waals surface area contributed by atoms with Gasteiger partial charge in [0, 0.05) is 0 Å². The van der Waals surface area contributed by atoms with Gasteiger partial charge in [0.2, 0.25) is 0 Å². The third-order valence-corrected chi connectivity index (χ3v) is 2.58. The van der Waals surface area contributed by atoms with Crippen molar-refractivity contribution in [2.75, 3.05) is 0 Å². The molecule has 2 aromatic rings. The molecular formula is C9H11BrN4. The maximum absolute atomic E-state index is 4.31. The molecule has 0 radical (unpaired) electrons. The van der Waals surface area contributed by atoms with Gasteiger partial charge in [-0.05, 0) is 36.7 Å². The van der Waals surface area contributed by atoms with E-state index in [0.29, 0.717) is 0 Å². The Balaban J connectivity index is 2.76. The number of rotatable bonds is 0. The minimum Gasteiger partial charge on any atom is -0.242 e. The Bertz CT molecular complexity index is 469. The van der Waals surface area contributed by atoms with Gasteiger partial charge in [-0.2, -0.15) is 5.10 Å². The van der Waals surface area contributed by atoms with Crippen LogP contribution in [0.15, 0.2) is 17.1 Å². The van der Waals surface area contributed by atoms with Crippen molar-refractivity contribution in [3.63, 3.8) is 0 Å². The zero-order valence-corrected chi connectivity index (χ0v) is 9.91. The lowest BCUT2D eigenvalue weighted by Gasteiger charge is -2.19. The number of fused-ring (bicyclic) bond motifs is 1. The maximum Gasteiger partial charge on any atom is 0.162 e. The summed E-state index contributed by atoms with van der Waals surface area (Å²) >= 11 is 3.37. The molecule has 0 amide bonds. The quantitative estimate of drug-likeness (QED) is 0.678. The minimum atomic E-state index is -0.0600. The van der Waals surface area contributed by atoms with Crippen LogP contribution in [0.5, 0.6) is 0 Å². The third kappa shape index (κ3) is 1.41. The summed E-state index contributed by atoms with van der Waals surface area (Å²) < 4.78 is 2.69. The maximum atomic E-state index is 4.31. The lowest BCUT2D eigenvalue weighted by Crippen LogP contribution is -2.23. The standard InChI is InChI=1S/C9H11BrN4/c1-9(2,3)14-8-6(4-13-14)7(10)11-5-12-8/h4-5H,1-3H3. The Hall–Kier alpha value is -0.970. The summed E-state index contributed by atoms with van der Waals surface area (Å²) in [6.45, 7) is 6.28. The van der Waals surface area contributed by atoms with Gasteiger partial charge in [0.25, 0.3) is 0 Å². The zero-order chi connectivity index (χ0) is 10.3. The molecule has 2 aromatic heterocycles. The monoisotopic (exact) mass is 254 g/mol. The molecule has 0 saturated heterocycles. The molecule has 0 N–H and O–H groups in total. The highest BCUT2D eigenvalue weighted by Crippen LogP contribution is 2.23. The first-order chi connectivity index (χ1) is 6.50. The number of aromatic nitrogens is 4. The lowest BCUT2D eigenvalue weighted by atomic mass is 10.1. The largest absolute Gasteiger partial charge is 0.242 e. The SMILES string of the molecule is CC(C)(C)n1ncc2c(Br)ncnc21. The smallest absolute Gasteiger partial charge is 0.162 e. The summed E-state index contributed by atoms with van der Waals surface area (Å²) in [6, 6.07) is 0. The van der Waals surface area contributed by atoms with Crippen LogP contribution in [-0.4, -0.2) is 19.7 Å². The second-order valence-corrected chi connectivity index (χ2v) is 4.88. The Morgan fingerprint density at radius 1 is 1.29 bits per heavy atom. The summed E-state index contributed by atoms with van der Waals surface area (Å²) in [6.07, 6.45) is 3.32. The fourth-order valence-corrected chi connectivity index (χ4v) is 1.68. The van der Waals surface area contributed by atoms with Crippen molar-refractivity contribution in [2.24, 2.45) is 0 Å². The van der Waals surface area contributed by atoms with Crippen LogP contribution in [0.3, 0.4) is 0 Å². The van der Waals surface area contributed by atoms with E-state index < -0.39 is 0 Å². The second kappa shape index (κ2) is 3.02. The molecule has 0 bridgehead atoms. The molecule has 2 rings (SSSR count). The molecule has 2 heterocycles. The Morgan fingerprint density at radius 3 is 2.64 bits per heavy atom. The molecule has 5 heteroatoms. The summed E-state index contributed by atoms with van der Waals surface area (Å²) in [5, 5.41) is 5.26. The zero-order valence-electron chi connectivity index (χ0n) is 8.32. The van der Waals surface area contributed by atoms with Gasteiger partial charge in [0.15, 0.2) is 5.65 Å². The molecule has 0 aromatic carbocycles. The van der Waals surface area contributed by atoms with Crippen LogP contribution in [0.1, 0.15) is 20.8 Å². The van der Waals surface area contributed by atoms with Gasteiger partial charge in [0.1, 0.15) is 10.9 Å². The van der Waals surface area contributed by atoms with Gasteiger partial charge in [-0.25, -0.2) is 14.6 Å².